The normalized spacial score (nSPS) is 27.6. The van der Waals surface area contributed by atoms with E-state index < -0.39 is 96.8 Å². The molecular formula is C47H70F2N10O13P2. The number of hydrogen-bond donors (Lipinski definition) is 2. The molecule has 0 amide bonds. The van der Waals surface area contributed by atoms with Crippen LogP contribution in [0.5, 0.6) is 0 Å². The van der Waals surface area contributed by atoms with Crippen molar-refractivity contribution in [3.05, 3.63) is 37.2 Å². The lowest BCUT2D eigenvalue weighted by atomic mass is 10.1. The first-order valence-corrected chi connectivity index (χ1v) is 28.9. The van der Waals surface area contributed by atoms with Crippen LogP contribution in [0.3, 0.4) is 0 Å². The fraction of sp³-hybridized carbons (Fsp3) is 0.702. The van der Waals surface area contributed by atoms with Crippen molar-refractivity contribution in [3.8, 4) is 0 Å². The van der Waals surface area contributed by atoms with Crippen molar-refractivity contribution in [2.75, 3.05) is 31.7 Å². The summed E-state index contributed by atoms with van der Waals surface area (Å²) in [6.45, 7) is 1.61. The van der Waals surface area contributed by atoms with E-state index in [0.717, 1.165) is 75.9 Å². The number of anilines is 2. The van der Waals surface area contributed by atoms with E-state index in [1.165, 1.54) is 73.2 Å². The van der Waals surface area contributed by atoms with E-state index >= 15 is 8.78 Å². The fourth-order valence-corrected chi connectivity index (χ4v) is 11.6. The van der Waals surface area contributed by atoms with Gasteiger partial charge in [0.25, 0.3) is 0 Å². The Morgan fingerprint density at radius 1 is 0.635 bits per heavy atom. The largest absolute Gasteiger partial charge is 0.478 e. The van der Waals surface area contributed by atoms with E-state index in [1.54, 1.807) is 0 Å². The number of ether oxygens (including phenoxy) is 4. The highest BCUT2D eigenvalue weighted by molar-refractivity contribution is 7.57. The van der Waals surface area contributed by atoms with Crippen LogP contribution in [0.2, 0.25) is 0 Å². The first kappa shape index (κ1) is 57.1. The van der Waals surface area contributed by atoms with Crippen LogP contribution in [0.1, 0.15) is 155 Å². The summed E-state index contributed by atoms with van der Waals surface area (Å²) in [4.78, 5) is 50.3. The number of halogens is 2. The number of phosphoric acid groups is 1. The average Bonchev–Trinajstić information content (AvgIpc) is 4.16. The van der Waals surface area contributed by atoms with Crippen molar-refractivity contribution in [1.29, 1.82) is 0 Å². The Balaban J connectivity index is 1.11. The van der Waals surface area contributed by atoms with Gasteiger partial charge in [-0.05, 0) is 18.9 Å². The zero-order valence-corrected chi connectivity index (χ0v) is 43.8. The van der Waals surface area contributed by atoms with Gasteiger partial charge < -0.3 is 30.4 Å². The Bertz CT molecular complexity index is 2560. The lowest BCUT2D eigenvalue weighted by molar-refractivity contribution is -0.152. The number of rotatable bonds is 28. The molecule has 2 saturated heterocycles. The van der Waals surface area contributed by atoms with Crippen LogP contribution < -0.4 is 11.5 Å². The maximum atomic E-state index is 17.1. The van der Waals surface area contributed by atoms with E-state index in [9.17, 15) is 18.7 Å². The number of nitrogens with two attached hydrogens (primary N) is 2. The van der Waals surface area contributed by atoms with Gasteiger partial charge in [0.05, 0.1) is 19.3 Å². The number of nitrogen functional groups attached to an aromatic ring is 2. The molecule has 0 radical (unpaired) electrons. The predicted octanol–water partition coefficient (Wildman–Crippen LogP) is 9.79. The SMILES string of the molecule is CCCCCCCCCCCC(=O)OCOP1(=O)/C=C\[C@H]2O[C@@H](n3cnc4c(N)ncnc43)[C@H](F)[C@@H]2OP(=O)(OCOC(=O)CCCCCCCCCCC)OC[C@H]2O[C@@H](n3cnc4c(N)ncnc43)[C@H](F)[C@@H]2O1. The summed E-state index contributed by atoms with van der Waals surface area (Å²) in [5.41, 5.74) is 12.4. The van der Waals surface area contributed by atoms with Crippen LogP contribution in [0, 0.1) is 0 Å². The summed E-state index contributed by atoms with van der Waals surface area (Å²) in [5.74, 6) is -0.445. The van der Waals surface area contributed by atoms with Crippen molar-refractivity contribution in [3.63, 3.8) is 0 Å². The van der Waals surface area contributed by atoms with Gasteiger partial charge in [0, 0.05) is 18.7 Å². The average molecular weight is 1080 g/mol. The summed E-state index contributed by atoms with van der Waals surface area (Å²) >= 11 is 0. The van der Waals surface area contributed by atoms with Crippen molar-refractivity contribution in [2.24, 2.45) is 0 Å². The molecule has 4 aromatic rings. The van der Waals surface area contributed by atoms with E-state index in [2.05, 4.69) is 43.8 Å². The molecule has 4 aromatic heterocycles. The third-order valence-corrected chi connectivity index (χ3v) is 16.0. The zero-order valence-electron chi connectivity index (χ0n) is 42.0. The maximum absolute atomic E-state index is 17.1. The molecule has 74 heavy (non-hydrogen) atoms. The number of esters is 2. The second-order valence-corrected chi connectivity index (χ2v) is 22.0. The van der Waals surface area contributed by atoms with E-state index in [-0.39, 0.29) is 46.8 Å². The van der Waals surface area contributed by atoms with Crippen LogP contribution in [0.4, 0.5) is 20.4 Å². The van der Waals surface area contributed by atoms with Crippen molar-refractivity contribution >= 4 is 61.3 Å². The fourth-order valence-electron chi connectivity index (χ4n) is 8.95. The topological polar surface area (TPSA) is 291 Å². The minimum absolute atomic E-state index is 0.00692. The Hall–Kier alpha value is -4.58. The molecule has 10 atom stereocenters. The number of nitrogens with zero attached hydrogens (tertiary/aromatic N) is 8. The molecule has 23 nitrogen and oxygen atoms in total. The Morgan fingerprint density at radius 2 is 1.11 bits per heavy atom. The molecule has 0 saturated carbocycles. The number of carbonyl (C=O) groups is 2. The maximum Gasteiger partial charge on any atom is 0.478 e. The lowest BCUT2D eigenvalue weighted by Crippen LogP contribution is -2.35. The monoisotopic (exact) mass is 1080 g/mol. The molecule has 410 valence electrons. The minimum Gasteiger partial charge on any atom is -0.438 e. The molecule has 2 fully saturated rings. The van der Waals surface area contributed by atoms with Gasteiger partial charge in [-0.1, -0.05) is 117 Å². The molecule has 27 heteroatoms. The third kappa shape index (κ3) is 15.3. The number of alkyl halides is 2. The number of imidazole rings is 2. The van der Waals surface area contributed by atoms with Crippen molar-refractivity contribution in [2.45, 2.75) is 191 Å². The van der Waals surface area contributed by atoms with Crippen LogP contribution in [-0.4, -0.2) is 108 Å². The van der Waals surface area contributed by atoms with Crippen molar-refractivity contribution < 1.29 is 69.1 Å². The van der Waals surface area contributed by atoms with Gasteiger partial charge in [-0.2, -0.15) is 0 Å². The Kier molecular flexibility index (Phi) is 21.6. The second-order valence-electron chi connectivity index (χ2n) is 18.6. The van der Waals surface area contributed by atoms with Gasteiger partial charge in [-0.15, -0.1) is 0 Å². The molecule has 0 aliphatic carbocycles. The van der Waals surface area contributed by atoms with Crippen LogP contribution >= 0.6 is 15.4 Å². The highest BCUT2D eigenvalue weighted by Gasteiger charge is 2.54. The summed E-state index contributed by atoms with van der Waals surface area (Å²) < 4.78 is 118. The lowest BCUT2D eigenvalue weighted by Gasteiger charge is -2.28. The number of unbranched alkanes of at least 4 members (excludes halogenated alkanes) is 16. The summed E-state index contributed by atoms with van der Waals surface area (Å²) in [6.07, 6.45) is 9.66. The molecule has 0 bridgehead atoms. The van der Waals surface area contributed by atoms with Crippen LogP contribution in [0.25, 0.3) is 22.3 Å². The zero-order chi connectivity index (χ0) is 52.5. The van der Waals surface area contributed by atoms with Crippen molar-refractivity contribution in [1.82, 2.24) is 39.0 Å². The van der Waals surface area contributed by atoms with Gasteiger partial charge in [0.2, 0.25) is 13.6 Å². The predicted molar refractivity (Wildman–Crippen MR) is 265 cm³/mol. The Morgan fingerprint density at radius 3 is 1.64 bits per heavy atom. The quantitative estimate of drug-likeness (QED) is 0.0231. The Labute approximate surface area is 428 Å². The molecule has 7 heterocycles. The van der Waals surface area contributed by atoms with Gasteiger partial charge in [-0.25, -0.2) is 47.8 Å². The molecule has 2 unspecified atom stereocenters. The molecule has 3 aliphatic heterocycles. The van der Waals surface area contributed by atoms with E-state index in [4.69, 9.17) is 53.0 Å². The standard InChI is InChI=1S/C47H70F2N10O13P2/c1-3-5-7-9-11-13-15-17-19-21-34(60)64-30-67-73(62)24-23-32-40(36(48)46(69-32)58-28-56-38-42(50)52-26-54-44(38)58)72-74(63,68-31-65-35(61)22-20-18-16-14-12-10-8-6-4-2)66-25-33-41(71-73)37(49)47(70-33)59-29-57-39-43(51)53-27-55-45(39)59/h23-24,26-29,32-33,36-37,40-41,46-47H,3-22,25,30-31H2,1-2H3,(H2,50,52,54)(H2,51,53,55)/b24-23-/t32-,33-,36-,37-,40-,41-,46-,47-,73?,74?/m1/s1. The third-order valence-electron chi connectivity index (χ3n) is 13.0. The number of carbonyl (C=O) groups excluding carboxylic acids is 2. The van der Waals surface area contributed by atoms with Crippen LogP contribution in [-0.2, 0) is 60.3 Å². The van der Waals surface area contributed by atoms with Gasteiger partial charge in [0.1, 0.15) is 48.1 Å². The van der Waals surface area contributed by atoms with Gasteiger partial charge >= 0.3 is 27.4 Å². The number of hydrogen-bond acceptors (Lipinski definition) is 21. The highest BCUT2D eigenvalue weighted by atomic mass is 31.2. The summed E-state index contributed by atoms with van der Waals surface area (Å²) in [7, 11) is -9.89. The summed E-state index contributed by atoms with van der Waals surface area (Å²) in [5, 5.41) is 0. The van der Waals surface area contributed by atoms with Gasteiger partial charge in [0.15, 0.2) is 47.7 Å². The first-order chi connectivity index (χ1) is 35.8. The smallest absolute Gasteiger partial charge is 0.438 e. The highest BCUT2D eigenvalue weighted by Crippen LogP contribution is 2.58. The van der Waals surface area contributed by atoms with E-state index in [1.807, 2.05) is 0 Å². The van der Waals surface area contributed by atoms with Gasteiger partial charge in [-0.3, -0.25) is 41.4 Å². The van der Waals surface area contributed by atoms with E-state index in [0.29, 0.717) is 12.8 Å². The number of aromatic nitrogens is 8. The second kappa shape index (κ2) is 28.0. The summed E-state index contributed by atoms with van der Waals surface area (Å²) in [6, 6.07) is 0. The molecule has 7 rings (SSSR count). The molecule has 0 aromatic carbocycles. The minimum atomic E-state index is -5.09. The number of phosphoric ester groups is 1. The van der Waals surface area contributed by atoms with Crippen LogP contribution in [0.15, 0.2) is 37.2 Å². The molecule has 3 aliphatic rings. The molecule has 4 N–H and O–H groups in total. The molecular weight excluding hydrogens is 1010 g/mol. The molecule has 0 spiro atoms. The first-order valence-electron chi connectivity index (χ1n) is 25.8. The number of fused-ring (bicyclic) bond motifs is 4.